The van der Waals surface area contributed by atoms with E-state index in [4.69, 9.17) is 19.0 Å². The highest BCUT2D eigenvalue weighted by Crippen LogP contribution is 2.28. The van der Waals surface area contributed by atoms with Crippen molar-refractivity contribution in [2.45, 2.75) is 142 Å². The minimum atomic E-state index is -3.07. The lowest BCUT2D eigenvalue weighted by atomic mass is 9.85. The van der Waals surface area contributed by atoms with Gasteiger partial charge in [0.05, 0.1) is 39.6 Å². The third kappa shape index (κ3) is 23.5. The van der Waals surface area contributed by atoms with Gasteiger partial charge in [-0.1, -0.05) is 103 Å². The second kappa shape index (κ2) is 24.9. The summed E-state index contributed by atoms with van der Waals surface area (Å²) in [5, 5.41) is 27.7. The second-order valence-corrected chi connectivity index (χ2v) is 14.1. The second-order valence-electron chi connectivity index (χ2n) is 11.4. The number of unbranched alkanes of at least 4 members (excludes halogenated alkanes) is 12. The van der Waals surface area contributed by atoms with Crippen LogP contribution in [-0.2, 0) is 13.3 Å². The van der Waals surface area contributed by atoms with Gasteiger partial charge in [0.15, 0.2) is 0 Å². The molecule has 0 saturated carbocycles. The number of aliphatic hydroxyl groups excluding tert-OH is 3. The zero-order valence-corrected chi connectivity index (χ0v) is 25.7. The van der Waals surface area contributed by atoms with Gasteiger partial charge in [-0.15, -0.1) is 0 Å². The van der Waals surface area contributed by atoms with E-state index >= 15 is 0 Å². The Morgan fingerprint density at radius 2 is 1.00 bits per heavy atom. The maximum Gasteiger partial charge on any atom is 0.501 e. The molecule has 0 aliphatic rings. The summed E-state index contributed by atoms with van der Waals surface area (Å²) in [4.78, 5) is 0. The van der Waals surface area contributed by atoms with E-state index in [0.29, 0.717) is 12.0 Å². The Hall–Kier alpha value is -0.0631. The zero-order chi connectivity index (χ0) is 27.7. The Morgan fingerprint density at radius 1 is 0.622 bits per heavy atom. The minimum absolute atomic E-state index is 0.122. The van der Waals surface area contributed by atoms with Crippen molar-refractivity contribution in [2.24, 2.45) is 11.7 Å². The molecule has 1 unspecified atom stereocenters. The van der Waals surface area contributed by atoms with Crippen LogP contribution in [0.5, 0.6) is 0 Å². The number of nitrogens with two attached hydrogens (primary N) is 1. The van der Waals surface area contributed by atoms with Crippen molar-refractivity contribution in [1.29, 1.82) is 0 Å². The third-order valence-electron chi connectivity index (χ3n) is 6.87. The molecule has 8 heteroatoms. The summed E-state index contributed by atoms with van der Waals surface area (Å²) in [6.45, 7) is 6.48. The lowest BCUT2D eigenvalue weighted by Crippen LogP contribution is -2.47. The molecule has 0 aromatic carbocycles. The molecule has 0 saturated heterocycles. The molecular weight excluding hydrogens is 486 g/mol. The molecule has 224 valence electrons. The summed E-state index contributed by atoms with van der Waals surface area (Å²) in [5.74, 6) is 0.535. The number of hydrogen-bond donors (Lipinski definition) is 4. The van der Waals surface area contributed by atoms with Gasteiger partial charge in [0, 0.05) is 11.6 Å². The molecule has 0 amide bonds. The molecule has 0 fully saturated rings. The summed E-state index contributed by atoms with van der Waals surface area (Å²) >= 11 is 0. The van der Waals surface area contributed by atoms with Gasteiger partial charge in [-0.3, -0.25) is 0 Å². The van der Waals surface area contributed by atoms with Crippen molar-refractivity contribution in [3.63, 3.8) is 0 Å². The van der Waals surface area contributed by atoms with Crippen LogP contribution in [0.3, 0.4) is 0 Å². The van der Waals surface area contributed by atoms with Gasteiger partial charge in [0.25, 0.3) is 0 Å². The summed E-state index contributed by atoms with van der Waals surface area (Å²) in [6, 6.07) is 0.604. The maximum atomic E-state index is 9.24. The van der Waals surface area contributed by atoms with Crippen molar-refractivity contribution in [3.8, 4) is 0 Å². The topological polar surface area (TPSA) is 114 Å². The number of rotatable bonds is 29. The molecule has 1 atom stereocenters. The summed E-state index contributed by atoms with van der Waals surface area (Å²) in [5.41, 5.74) is 6.18. The van der Waals surface area contributed by atoms with Gasteiger partial charge < -0.3 is 34.3 Å². The first-order valence-electron chi connectivity index (χ1n) is 15.4. The molecule has 0 heterocycles. The van der Waals surface area contributed by atoms with Crippen LogP contribution >= 0.6 is 0 Å². The minimum Gasteiger partial charge on any atom is -0.394 e. The summed E-state index contributed by atoms with van der Waals surface area (Å²) < 4.78 is 17.5. The largest absolute Gasteiger partial charge is 0.501 e. The lowest BCUT2D eigenvalue weighted by molar-refractivity contribution is 0.0272. The Labute approximate surface area is 230 Å². The quantitative estimate of drug-likeness (QED) is 0.0672. The molecule has 0 bridgehead atoms. The normalized spacial score (nSPS) is 13.4. The molecule has 0 radical (unpaired) electrons. The molecule has 0 aromatic rings. The molecule has 5 N–H and O–H groups in total. The van der Waals surface area contributed by atoms with Gasteiger partial charge >= 0.3 is 8.80 Å². The fourth-order valence-electron chi connectivity index (χ4n) is 5.10. The van der Waals surface area contributed by atoms with Crippen LogP contribution in [0.2, 0.25) is 6.04 Å². The smallest absolute Gasteiger partial charge is 0.394 e. The van der Waals surface area contributed by atoms with Gasteiger partial charge in [-0.25, -0.2) is 0 Å². The Balaban J connectivity index is 4.38. The molecule has 0 aromatic heterocycles. The van der Waals surface area contributed by atoms with Crippen LogP contribution in [0.25, 0.3) is 0 Å². The standard InChI is InChI=1S/C29H63NO6Si/c1-4-5-6-7-8-9-10-11-12-13-14-15-16-18-28(27-29(2,3)30)19-17-26-37(34-23-20-31,35-24-21-32)36-25-22-33/h28,31-33H,4-27,30H2,1-3H3. The highest BCUT2D eigenvalue weighted by Gasteiger charge is 2.41. The van der Waals surface area contributed by atoms with E-state index < -0.39 is 8.80 Å². The molecule has 0 spiro atoms. The summed E-state index contributed by atoms with van der Waals surface area (Å²) in [6.07, 6.45) is 21.8. The first-order chi connectivity index (χ1) is 17.8. The van der Waals surface area contributed by atoms with Gasteiger partial charge in [-0.05, 0) is 32.6 Å². The fourth-order valence-corrected chi connectivity index (χ4v) is 7.62. The zero-order valence-electron chi connectivity index (χ0n) is 24.7. The van der Waals surface area contributed by atoms with E-state index in [1.54, 1.807) is 0 Å². The predicted octanol–water partition coefficient (Wildman–Crippen LogP) is 5.96. The molecule has 0 aliphatic heterocycles. The van der Waals surface area contributed by atoms with E-state index in [2.05, 4.69) is 20.8 Å². The molecule has 7 nitrogen and oxygen atoms in total. The van der Waals surface area contributed by atoms with Crippen LogP contribution in [0.4, 0.5) is 0 Å². The van der Waals surface area contributed by atoms with Crippen molar-refractivity contribution < 1.29 is 28.6 Å². The highest BCUT2D eigenvalue weighted by molar-refractivity contribution is 6.60. The van der Waals surface area contributed by atoms with E-state index in [-0.39, 0.29) is 45.2 Å². The average Bonchev–Trinajstić information content (AvgIpc) is 2.86. The van der Waals surface area contributed by atoms with Gasteiger partial charge in [0.1, 0.15) is 0 Å². The van der Waals surface area contributed by atoms with Gasteiger partial charge in [-0.2, -0.15) is 0 Å². The maximum absolute atomic E-state index is 9.24. The van der Waals surface area contributed by atoms with E-state index in [1.165, 1.54) is 89.9 Å². The van der Waals surface area contributed by atoms with Crippen molar-refractivity contribution in [1.82, 2.24) is 0 Å². The SMILES string of the molecule is CCCCCCCCCCCCCCCC(CCC[Si](OCCO)(OCCO)OCCO)CC(C)(C)N. The van der Waals surface area contributed by atoms with E-state index in [9.17, 15) is 15.3 Å². The van der Waals surface area contributed by atoms with Crippen molar-refractivity contribution in [3.05, 3.63) is 0 Å². The van der Waals surface area contributed by atoms with Gasteiger partial charge in [0.2, 0.25) is 0 Å². The highest BCUT2D eigenvalue weighted by atomic mass is 28.4. The number of hydrogen-bond acceptors (Lipinski definition) is 7. The molecule has 0 rings (SSSR count). The van der Waals surface area contributed by atoms with Crippen LogP contribution in [0, 0.1) is 5.92 Å². The van der Waals surface area contributed by atoms with E-state index in [1.807, 2.05) is 0 Å². The lowest BCUT2D eigenvalue weighted by Gasteiger charge is -2.30. The molecule has 37 heavy (non-hydrogen) atoms. The summed E-state index contributed by atoms with van der Waals surface area (Å²) in [7, 11) is -3.07. The molecule has 0 aliphatic carbocycles. The van der Waals surface area contributed by atoms with Crippen LogP contribution in [-0.4, -0.2) is 69.3 Å². The Bertz CT molecular complexity index is 456. The monoisotopic (exact) mass is 549 g/mol. The average molecular weight is 550 g/mol. The molecular formula is C29H63NO6Si. The predicted molar refractivity (Wildman–Crippen MR) is 156 cm³/mol. The first-order valence-corrected chi connectivity index (χ1v) is 17.3. The van der Waals surface area contributed by atoms with E-state index in [0.717, 1.165) is 19.3 Å². The Kier molecular flexibility index (Phi) is 24.9. The van der Waals surface area contributed by atoms with Crippen LogP contribution in [0.15, 0.2) is 0 Å². The van der Waals surface area contributed by atoms with Crippen molar-refractivity contribution >= 4 is 8.80 Å². The number of aliphatic hydroxyl groups is 3. The Morgan fingerprint density at radius 3 is 1.38 bits per heavy atom. The fraction of sp³-hybridized carbons (Fsp3) is 1.00. The first kappa shape index (κ1) is 36.9. The third-order valence-corrected chi connectivity index (χ3v) is 9.76. The van der Waals surface area contributed by atoms with Crippen molar-refractivity contribution in [2.75, 3.05) is 39.6 Å². The van der Waals surface area contributed by atoms with Crippen LogP contribution < -0.4 is 5.73 Å². The van der Waals surface area contributed by atoms with Crippen LogP contribution in [0.1, 0.15) is 130 Å².